The Morgan fingerprint density at radius 1 is 1.04 bits per heavy atom. The van der Waals surface area contributed by atoms with E-state index < -0.39 is 11.8 Å². The van der Waals surface area contributed by atoms with Crippen molar-refractivity contribution in [3.8, 4) is 17.0 Å². The number of phenolic OH excluding ortho intramolecular Hbond substituents is 1. The maximum atomic E-state index is 12.1. The van der Waals surface area contributed by atoms with Gasteiger partial charge in [-0.3, -0.25) is 20.4 Å². The van der Waals surface area contributed by atoms with Crippen molar-refractivity contribution in [3.63, 3.8) is 0 Å². The normalized spacial score (nSPS) is 10.4. The molecule has 132 valence electrons. The van der Waals surface area contributed by atoms with Crippen LogP contribution in [0, 0.1) is 6.92 Å². The minimum atomic E-state index is -0.725. The van der Waals surface area contributed by atoms with Gasteiger partial charge in [-0.2, -0.15) is 0 Å². The van der Waals surface area contributed by atoms with Crippen LogP contribution in [0.3, 0.4) is 0 Å². The minimum absolute atomic E-state index is 0.0730. The van der Waals surface area contributed by atoms with Crippen LogP contribution in [0.25, 0.3) is 11.3 Å². The molecule has 0 radical (unpaired) electrons. The van der Waals surface area contributed by atoms with E-state index in [2.05, 4.69) is 16.0 Å². The van der Waals surface area contributed by atoms with Crippen LogP contribution < -0.4 is 10.9 Å². The third kappa shape index (κ3) is 3.84. The van der Waals surface area contributed by atoms with Gasteiger partial charge < -0.3 is 9.63 Å². The number of phenols is 1. The summed E-state index contributed by atoms with van der Waals surface area (Å²) in [6.07, 6.45) is 0. The molecule has 8 heteroatoms. The van der Waals surface area contributed by atoms with Crippen LogP contribution in [0.1, 0.15) is 26.5 Å². The number of aryl methyl sites for hydroxylation is 1. The Hall–Kier alpha value is -3.32. The van der Waals surface area contributed by atoms with E-state index in [4.69, 9.17) is 16.1 Å². The van der Waals surface area contributed by atoms with Crippen LogP contribution in [0.2, 0.25) is 5.02 Å². The number of nitrogens with zero attached hydrogens (tertiary/aromatic N) is 1. The summed E-state index contributed by atoms with van der Waals surface area (Å²) in [5, 5.41) is 13.8. The predicted octanol–water partition coefficient (Wildman–Crippen LogP) is 3.08. The third-order valence-electron chi connectivity index (χ3n) is 3.57. The summed E-state index contributed by atoms with van der Waals surface area (Å²) >= 11 is 5.79. The Bertz CT molecular complexity index is 967. The monoisotopic (exact) mass is 371 g/mol. The van der Waals surface area contributed by atoms with Crippen LogP contribution in [-0.2, 0) is 0 Å². The average molecular weight is 372 g/mol. The summed E-state index contributed by atoms with van der Waals surface area (Å²) in [7, 11) is 0. The number of carbonyl (C=O) groups excluding carboxylic acids is 2. The van der Waals surface area contributed by atoms with E-state index in [1.165, 1.54) is 24.3 Å². The number of halogens is 1. The summed E-state index contributed by atoms with van der Waals surface area (Å²) in [6.45, 7) is 1.96. The SMILES string of the molecule is Cc1ccc(-c2cc(C(=O)NNC(=O)c3cc(Cl)ccc3O)on2)cc1. The molecule has 0 atom stereocenters. The van der Waals surface area contributed by atoms with Crippen LogP contribution in [0.5, 0.6) is 5.75 Å². The summed E-state index contributed by atoms with van der Waals surface area (Å²) in [6, 6.07) is 13.0. The maximum absolute atomic E-state index is 12.1. The number of carbonyl (C=O) groups is 2. The number of hydrazine groups is 1. The van der Waals surface area contributed by atoms with E-state index in [-0.39, 0.29) is 22.1 Å². The lowest BCUT2D eigenvalue weighted by Gasteiger charge is -2.07. The van der Waals surface area contributed by atoms with E-state index in [0.29, 0.717) is 5.69 Å². The second kappa shape index (κ2) is 7.28. The van der Waals surface area contributed by atoms with Crippen LogP contribution in [0.15, 0.2) is 53.1 Å². The fraction of sp³-hybridized carbons (Fsp3) is 0.0556. The van der Waals surface area contributed by atoms with Crippen molar-refractivity contribution in [2.45, 2.75) is 6.92 Å². The molecule has 0 aliphatic heterocycles. The van der Waals surface area contributed by atoms with Gasteiger partial charge in [-0.1, -0.05) is 46.6 Å². The van der Waals surface area contributed by atoms with E-state index in [0.717, 1.165) is 11.1 Å². The highest BCUT2D eigenvalue weighted by Gasteiger charge is 2.17. The van der Waals surface area contributed by atoms with E-state index in [9.17, 15) is 14.7 Å². The van der Waals surface area contributed by atoms with Crippen molar-refractivity contribution in [2.24, 2.45) is 0 Å². The second-order valence-electron chi connectivity index (χ2n) is 5.51. The molecule has 26 heavy (non-hydrogen) atoms. The Morgan fingerprint density at radius 2 is 1.73 bits per heavy atom. The Balaban J connectivity index is 1.66. The highest BCUT2D eigenvalue weighted by atomic mass is 35.5. The van der Waals surface area contributed by atoms with Crippen LogP contribution in [0.4, 0.5) is 0 Å². The molecular formula is C18H14ClN3O4. The van der Waals surface area contributed by atoms with Crippen LogP contribution >= 0.6 is 11.6 Å². The molecule has 0 fully saturated rings. The molecule has 0 aliphatic carbocycles. The van der Waals surface area contributed by atoms with Crippen molar-refractivity contribution < 1.29 is 19.2 Å². The first kappa shape index (κ1) is 17.5. The van der Waals surface area contributed by atoms with Gasteiger partial charge in [-0.25, -0.2) is 0 Å². The topological polar surface area (TPSA) is 104 Å². The molecule has 1 aromatic heterocycles. The molecule has 2 amide bonds. The highest BCUT2D eigenvalue weighted by Crippen LogP contribution is 2.21. The number of nitrogens with one attached hydrogen (secondary N) is 2. The molecule has 0 bridgehead atoms. The minimum Gasteiger partial charge on any atom is -0.507 e. The van der Waals surface area contributed by atoms with Crippen LogP contribution in [-0.4, -0.2) is 22.1 Å². The first-order valence-corrected chi connectivity index (χ1v) is 7.95. The molecule has 3 N–H and O–H groups in total. The Kier molecular flexibility index (Phi) is 4.90. The summed E-state index contributed by atoms with van der Waals surface area (Å²) in [5.74, 6) is -1.75. The van der Waals surface area contributed by atoms with Gasteiger partial charge in [0.1, 0.15) is 11.4 Å². The quantitative estimate of drug-likeness (QED) is 0.614. The largest absolute Gasteiger partial charge is 0.507 e. The van der Waals surface area contributed by atoms with Gasteiger partial charge in [-0.15, -0.1) is 0 Å². The molecule has 3 rings (SSSR count). The lowest BCUT2D eigenvalue weighted by molar-refractivity contribution is 0.0824. The number of aromatic nitrogens is 1. The fourth-order valence-electron chi connectivity index (χ4n) is 2.18. The van der Waals surface area contributed by atoms with Gasteiger partial charge >= 0.3 is 5.91 Å². The lowest BCUT2D eigenvalue weighted by atomic mass is 10.1. The third-order valence-corrected chi connectivity index (χ3v) is 3.81. The summed E-state index contributed by atoms with van der Waals surface area (Å²) in [5.41, 5.74) is 6.69. The first-order valence-electron chi connectivity index (χ1n) is 7.57. The van der Waals surface area contributed by atoms with Gasteiger partial charge in [0.25, 0.3) is 5.91 Å². The molecule has 0 aliphatic rings. The fourth-order valence-corrected chi connectivity index (χ4v) is 2.35. The molecule has 0 spiro atoms. The van der Waals surface area contributed by atoms with Crippen molar-refractivity contribution in [3.05, 3.63) is 70.4 Å². The number of rotatable bonds is 3. The van der Waals surface area contributed by atoms with E-state index >= 15 is 0 Å². The van der Waals surface area contributed by atoms with Gasteiger partial charge in [0.15, 0.2) is 0 Å². The Morgan fingerprint density at radius 3 is 2.46 bits per heavy atom. The number of aromatic hydroxyl groups is 1. The lowest BCUT2D eigenvalue weighted by Crippen LogP contribution is -2.41. The van der Waals surface area contributed by atoms with E-state index in [1.807, 2.05) is 31.2 Å². The second-order valence-corrected chi connectivity index (χ2v) is 5.95. The summed E-state index contributed by atoms with van der Waals surface area (Å²) in [4.78, 5) is 24.1. The first-order chi connectivity index (χ1) is 12.4. The number of hydrogen-bond acceptors (Lipinski definition) is 5. The zero-order valence-electron chi connectivity index (χ0n) is 13.6. The molecule has 2 aromatic carbocycles. The van der Waals surface area contributed by atoms with Crippen molar-refractivity contribution >= 4 is 23.4 Å². The Labute approximate surface area is 153 Å². The summed E-state index contributed by atoms with van der Waals surface area (Å²) < 4.78 is 5.01. The molecule has 3 aromatic rings. The zero-order valence-corrected chi connectivity index (χ0v) is 14.4. The van der Waals surface area contributed by atoms with Gasteiger partial charge in [0, 0.05) is 16.7 Å². The molecule has 0 saturated carbocycles. The smallest absolute Gasteiger partial charge is 0.308 e. The number of amides is 2. The molecule has 7 nitrogen and oxygen atoms in total. The van der Waals surface area contributed by atoms with E-state index in [1.54, 1.807) is 0 Å². The number of hydrogen-bond donors (Lipinski definition) is 3. The molecular weight excluding hydrogens is 358 g/mol. The van der Waals surface area contributed by atoms with Gasteiger partial charge in [-0.05, 0) is 25.1 Å². The zero-order chi connectivity index (χ0) is 18.7. The molecule has 1 heterocycles. The standard InChI is InChI=1S/C18H14ClN3O4/c1-10-2-4-11(5-3-10)14-9-16(26-22-14)18(25)21-20-17(24)13-8-12(19)6-7-15(13)23/h2-9,23H,1H3,(H,20,24)(H,21,25). The van der Waals surface area contributed by atoms with Crippen molar-refractivity contribution in [1.82, 2.24) is 16.0 Å². The average Bonchev–Trinajstić information content (AvgIpc) is 3.12. The van der Waals surface area contributed by atoms with Crippen molar-refractivity contribution in [1.29, 1.82) is 0 Å². The molecule has 0 unspecified atom stereocenters. The van der Waals surface area contributed by atoms with Crippen molar-refractivity contribution in [2.75, 3.05) is 0 Å². The van der Waals surface area contributed by atoms with Gasteiger partial charge in [0.05, 0.1) is 5.56 Å². The highest BCUT2D eigenvalue weighted by molar-refractivity contribution is 6.31. The van der Waals surface area contributed by atoms with Gasteiger partial charge in [0.2, 0.25) is 5.76 Å². The predicted molar refractivity (Wildman–Crippen MR) is 94.7 cm³/mol. The molecule has 0 saturated heterocycles. The maximum Gasteiger partial charge on any atom is 0.308 e. The number of benzene rings is 2.